The average molecular weight is 616 g/mol. The molecule has 1 aliphatic rings. The first-order chi connectivity index (χ1) is 20.4. The summed E-state index contributed by atoms with van der Waals surface area (Å²) in [5.74, 6) is 0.934. The number of carbonyl (C=O) groups excluding carboxylic acids is 1. The molecule has 8 nitrogen and oxygen atoms in total. The lowest BCUT2D eigenvalue weighted by molar-refractivity contribution is 0.256. The van der Waals surface area contributed by atoms with Gasteiger partial charge in [0.2, 0.25) is 0 Å². The topological polar surface area (TPSA) is 97.0 Å². The monoisotopic (exact) mass is 615 g/mol. The fourth-order valence-corrected chi connectivity index (χ4v) is 7.68. The smallest absolute Gasteiger partial charge is 0.333 e. The maximum Gasteiger partial charge on any atom is 0.333 e. The number of sulfonamides is 1. The molecule has 0 aliphatic carbocycles. The molecule has 0 radical (unpaired) electrons. The highest BCUT2D eigenvalue weighted by atomic mass is 32.2. The predicted octanol–water partition coefficient (Wildman–Crippen LogP) is 8.14. The normalized spacial score (nSPS) is 16.0. The molecule has 1 heterocycles. The molecule has 0 bridgehead atoms. The van der Waals surface area contributed by atoms with Crippen LogP contribution in [0, 0.1) is 19.8 Å². The van der Waals surface area contributed by atoms with Crippen LogP contribution < -0.4 is 24.4 Å². The minimum absolute atomic E-state index is 0.0119. The summed E-state index contributed by atoms with van der Waals surface area (Å²) < 4.78 is 38.9. The number of aryl methyl sites for hydroxylation is 1. The lowest BCUT2D eigenvalue weighted by Crippen LogP contribution is -2.53. The molecule has 0 fully saturated rings. The first-order valence-electron chi connectivity index (χ1n) is 15.9. The number of unbranched alkanes of at least 4 members (excludes halogenated alkanes) is 7. The number of rotatable bonds is 15. The Bertz CT molecular complexity index is 1360. The lowest BCUT2D eigenvalue weighted by atomic mass is 9.73. The standard InChI is InChI=1S/C34H53N3O5S/c1-9-11-12-13-14-15-16-17-18-26-22-28-25(4)32(24(3)21-29(28)37(10-2)34(26,5)6)35-33(38)36-43(39,40)31-23-27(41-7)19-20-30(31)42-8/h19-21,23,26H,9-18,22H2,1-8H3,(H2,35,36,38). The molecular weight excluding hydrogens is 562 g/mol. The zero-order valence-corrected chi connectivity index (χ0v) is 28.4. The Morgan fingerprint density at radius 3 is 2.23 bits per heavy atom. The van der Waals surface area contributed by atoms with Crippen LogP contribution in [-0.4, -0.2) is 40.8 Å². The van der Waals surface area contributed by atoms with Crippen LogP contribution in [0.3, 0.4) is 0 Å². The van der Waals surface area contributed by atoms with Gasteiger partial charge in [-0.25, -0.2) is 17.9 Å². The zero-order chi connectivity index (χ0) is 31.8. The number of hydrogen-bond donors (Lipinski definition) is 2. The van der Waals surface area contributed by atoms with Crippen molar-refractivity contribution in [3.63, 3.8) is 0 Å². The molecule has 240 valence electrons. The van der Waals surface area contributed by atoms with E-state index < -0.39 is 16.1 Å². The van der Waals surface area contributed by atoms with Crippen LogP contribution in [0.5, 0.6) is 11.5 Å². The molecular formula is C34H53N3O5S. The molecule has 3 rings (SSSR count). The van der Waals surface area contributed by atoms with Gasteiger partial charge in [-0.3, -0.25) is 0 Å². The van der Waals surface area contributed by atoms with Crippen LogP contribution >= 0.6 is 0 Å². The summed E-state index contributed by atoms with van der Waals surface area (Å²) in [5, 5.41) is 2.85. The molecule has 0 spiro atoms. The van der Waals surface area contributed by atoms with E-state index in [2.05, 4.69) is 48.7 Å². The van der Waals surface area contributed by atoms with Crippen molar-refractivity contribution in [3.05, 3.63) is 41.0 Å². The van der Waals surface area contributed by atoms with Gasteiger partial charge in [0.25, 0.3) is 10.0 Å². The Labute approximate surface area is 260 Å². The van der Waals surface area contributed by atoms with E-state index >= 15 is 0 Å². The molecule has 1 unspecified atom stereocenters. The molecule has 2 N–H and O–H groups in total. The van der Waals surface area contributed by atoms with Crippen LogP contribution in [0.1, 0.15) is 102 Å². The van der Waals surface area contributed by atoms with Crippen LogP contribution in [0.25, 0.3) is 0 Å². The van der Waals surface area contributed by atoms with Crippen molar-refractivity contribution in [2.45, 2.75) is 116 Å². The predicted molar refractivity (Wildman–Crippen MR) is 176 cm³/mol. The van der Waals surface area contributed by atoms with Crippen molar-refractivity contribution in [1.29, 1.82) is 0 Å². The number of carbonyl (C=O) groups is 1. The number of benzene rings is 2. The van der Waals surface area contributed by atoms with Gasteiger partial charge in [-0.15, -0.1) is 0 Å². The molecule has 1 atom stereocenters. The first-order valence-corrected chi connectivity index (χ1v) is 17.4. The summed E-state index contributed by atoms with van der Waals surface area (Å²) in [4.78, 5) is 15.4. The minimum atomic E-state index is -4.23. The first kappa shape index (κ1) is 34.5. The van der Waals surface area contributed by atoms with Gasteiger partial charge < -0.3 is 19.7 Å². The summed E-state index contributed by atoms with van der Waals surface area (Å²) in [6.07, 6.45) is 12.5. The highest BCUT2D eigenvalue weighted by Crippen LogP contribution is 2.46. The Hall–Kier alpha value is -2.94. The molecule has 0 saturated carbocycles. The molecule has 0 saturated heterocycles. The van der Waals surface area contributed by atoms with Crippen molar-refractivity contribution in [1.82, 2.24) is 4.72 Å². The second-order valence-electron chi connectivity index (χ2n) is 12.3. The number of fused-ring (bicyclic) bond motifs is 1. The van der Waals surface area contributed by atoms with E-state index in [0.29, 0.717) is 17.4 Å². The summed E-state index contributed by atoms with van der Waals surface area (Å²) in [5.41, 5.74) is 4.96. The SMILES string of the molecule is CCCCCCCCCCC1Cc2c(cc(C)c(NC(=O)NS(=O)(=O)c3cc(OC)ccc3OC)c2C)N(CC)C1(C)C. The molecule has 2 amide bonds. The van der Waals surface area contributed by atoms with Gasteiger partial charge >= 0.3 is 6.03 Å². The van der Waals surface area contributed by atoms with Crippen molar-refractivity contribution in [3.8, 4) is 11.5 Å². The second-order valence-corrected chi connectivity index (χ2v) is 14.0. The van der Waals surface area contributed by atoms with E-state index in [9.17, 15) is 13.2 Å². The van der Waals surface area contributed by atoms with E-state index in [0.717, 1.165) is 30.5 Å². The van der Waals surface area contributed by atoms with Gasteiger partial charge in [0.05, 0.1) is 14.2 Å². The lowest BCUT2D eigenvalue weighted by Gasteiger charge is -2.51. The van der Waals surface area contributed by atoms with Gasteiger partial charge in [0, 0.05) is 29.5 Å². The number of methoxy groups -OCH3 is 2. The van der Waals surface area contributed by atoms with Crippen LogP contribution in [0.2, 0.25) is 0 Å². The largest absolute Gasteiger partial charge is 0.497 e. The van der Waals surface area contributed by atoms with Gasteiger partial charge in [0.1, 0.15) is 16.4 Å². The van der Waals surface area contributed by atoms with Gasteiger partial charge in [0.15, 0.2) is 0 Å². The maximum atomic E-state index is 13.2. The summed E-state index contributed by atoms with van der Waals surface area (Å²) in [6.45, 7) is 14.0. The third kappa shape index (κ3) is 8.16. The second kappa shape index (κ2) is 15.2. The third-order valence-electron chi connectivity index (χ3n) is 9.17. The number of nitrogens with zero attached hydrogens (tertiary/aromatic N) is 1. The summed E-state index contributed by atoms with van der Waals surface area (Å²) >= 11 is 0. The van der Waals surface area contributed by atoms with Crippen molar-refractivity contribution < 1.29 is 22.7 Å². The van der Waals surface area contributed by atoms with Crippen LogP contribution in [0.15, 0.2) is 29.2 Å². The Kier molecular flexibility index (Phi) is 12.2. The third-order valence-corrected chi connectivity index (χ3v) is 10.5. The molecule has 1 aliphatic heterocycles. The minimum Gasteiger partial charge on any atom is -0.497 e. The highest BCUT2D eigenvalue weighted by molar-refractivity contribution is 7.90. The van der Waals surface area contributed by atoms with Crippen molar-refractivity contribution in [2.75, 3.05) is 31.0 Å². The van der Waals surface area contributed by atoms with E-state index in [1.54, 1.807) is 6.07 Å². The molecule has 0 aromatic heterocycles. The molecule has 2 aromatic rings. The highest BCUT2D eigenvalue weighted by Gasteiger charge is 2.40. The van der Waals surface area contributed by atoms with Crippen LogP contribution in [-0.2, 0) is 16.4 Å². The number of nitrogens with one attached hydrogen (secondary N) is 2. The summed E-state index contributed by atoms with van der Waals surface area (Å²) in [7, 11) is -1.41. The average Bonchev–Trinajstić information content (AvgIpc) is 2.96. The van der Waals surface area contributed by atoms with Crippen molar-refractivity contribution >= 4 is 27.4 Å². The Morgan fingerprint density at radius 1 is 0.977 bits per heavy atom. The van der Waals surface area contributed by atoms with Gasteiger partial charge in [-0.2, -0.15) is 0 Å². The van der Waals surface area contributed by atoms with Crippen molar-refractivity contribution in [2.24, 2.45) is 5.92 Å². The number of amides is 2. The van der Waals surface area contributed by atoms with Gasteiger partial charge in [-0.05, 0) is 88.3 Å². The van der Waals surface area contributed by atoms with Gasteiger partial charge in [-0.1, -0.05) is 58.3 Å². The summed E-state index contributed by atoms with van der Waals surface area (Å²) in [6, 6.07) is 5.73. The molecule has 9 heteroatoms. The fraction of sp³-hybridized carbons (Fsp3) is 0.618. The number of hydrogen-bond acceptors (Lipinski definition) is 6. The quantitative estimate of drug-likeness (QED) is 0.196. The number of anilines is 2. The van der Waals surface area contributed by atoms with E-state index in [-0.39, 0.29) is 16.2 Å². The van der Waals surface area contributed by atoms with E-state index in [1.807, 2.05) is 13.8 Å². The van der Waals surface area contributed by atoms with Crippen LogP contribution in [0.4, 0.5) is 16.2 Å². The molecule has 2 aromatic carbocycles. The maximum absolute atomic E-state index is 13.2. The zero-order valence-electron chi connectivity index (χ0n) is 27.6. The van der Waals surface area contributed by atoms with E-state index in [1.165, 1.54) is 89.0 Å². The number of urea groups is 1. The Balaban J connectivity index is 1.79. The van der Waals surface area contributed by atoms with E-state index in [4.69, 9.17) is 9.47 Å². The Morgan fingerprint density at radius 2 is 1.63 bits per heavy atom. The fourth-order valence-electron chi connectivity index (χ4n) is 6.59. The number of ether oxygens (including phenoxy) is 2. The molecule has 43 heavy (non-hydrogen) atoms.